The molecule has 1 aromatic carbocycles. The summed E-state index contributed by atoms with van der Waals surface area (Å²) in [5.41, 5.74) is 5.10. The maximum atomic E-state index is 15.5. The van der Waals surface area contributed by atoms with Crippen LogP contribution in [0.3, 0.4) is 0 Å². The summed E-state index contributed by atoms with van der Waals surface area (Å²) in [6, 6.07) is 4.59. The molecule has 0 spiro atoms. The zero-order valence-corrected chi connectivity index (χ0v) is 19.6. The molecule has 2 aliphatic heterocycles. The quantitative estimate of drug-likeness (QED) is 0.547. The number of nitrogens with one attached hydrogen (secondary N) is 1. The van der Waals surface area contributed by atoms with Crippen LogP contribution < -0.4 is 16.0 Å². The van der Waals surface area contributed by atoms with Crippen molar-refractivity contribution in [3.8, 4) is 0 Å². The van der Waals surface area contributed by atoms with Gasteiger partial charge in [0.05, 0.1) is 18.2 Å². The second-order valence-corrected chi connectivity index (χ2v) is 9.33. The summed E-state index contributed by atoms with van der Waals surface area (Å²) in [6.45, 7) is 1.23. The van der Waals surface area contributed by atoms with E-state index in [0.717, 1.165) is 25.0 Å². The molecule has 0 bridgehead atoms. The molecule has 3 N–H and O–H groups in total. The van der Waals surface area contributed by atoms with Crippen LogP contribution in [0.4, 0.5) is 33.6 Å². The van der Waals surface area contributed by atoms with Gasteiger partial charge in [-0.25, -0.2) is 14.4 Å². The fourth-order valence-electron chi connectivity index (χ4n) is 4.95. The first kappa shape index (κ1) is 26.1. The van der Waals surface area contributed by atoms with Crippen molar-refractivity contribution in [1.29, 1.82) is 0 Å². The Balaban J connectivity index is 1.46. The molecule has 7 nitrogen and oxygen atoms in total. The molecule has 1 amide bonds. The van der Waals surface area contributed by atoms with E-state index in [1.807, 2.05) is 0 Å². The van der Waals surface area contributed by atoms with Gasteiger partial charge >= 0.3 is 6.18 Å². The molecule has 2 aromatic rings. The number of likely N-dealkylation sites (tertiary alicyclic amines) is 1. The van der Waals surface area contributed by atoms with E-state index in [1.165, 1.54) is 18.5 Å². The van der Waals surface area contributed by atoms with Crippen molar-refractivity contribution in [3.63, 3.8) is 0 Å². The van der Waals surface area contributed by atoms with Crippen LogP contribution >= 0.6 is 0 Å². The van der Waals surface area contributed by atoms with Gasteiger partial charge in [0.15, 0.2) is 11.6 Å². The number of hydrogen-bond acceptors (Lipinski definition) is 6. The number of rotatable bonds is 7. The number of primary amides is 1. The molecule has 0 radical (unpaired) electrons. The fourth-order valence-corrected chi connectivity index (χ4v) is 4.95. The number of amides is 1. The van der Waals surface area contributed by atoms with Gasteiger partial charge in [0, 0.05) is 25.6 Å². The molecule has 0 saturated carbocycles. The molecule has 196 valence electrons. The second-order valence-electron chi connectivity index (χ2n) is 9.33. The van der Waals surface area contributed by atoms with Crippen molar-refractivity contribution in [3.05, 3.63) is 47.5 Å². The van der Waals surface area contributed by atoms with Gasteiger partial charge in [-0.2, -0.15) is 17.6 Å². The zero-order valence-electron chi connectivity index (χ0n) is 19.6. The van der Waals surface area contributed by atoms with E-state index in [-0.39, 0.29) is 43.2 Å². The van der Waals surface area contributed by atoms with Crippen LogP contribution in [0.25, 0.3) is 0 Å². The van der Waals surface area contributed by atoms with Crippen LogP contribution in [-0.4, -0.2) is 59.7 Å². The largest absolute Gasteiger partial charge is 0.416 e. The Bertz CT molecular complexity index is 1050. The Kier molecular flexibility index (Phi) is 7.91. The van der Waals surface area contributed by atoms with E-state index < -0.39 is 29.6 Å². The summed E-state index contributed by atoms with van der Waals surface area (Å²) in [5, 5.41) is 2.90. The Labute approximate surface area is 205 Å². The van der Waals surface area contributed by atoms with E-state index >= 15 is 4.39 Å². The van der Waals surface area contributed by atoms with Crippen LogP contribution in [0.2, 0.25) is 0 Å². The van der Waals surface area contributed by atoms with Gasteiger partial charge in [-0.3, -0.25) is 9.69 Å². The van der Waals surface area contributed by atoms with E-state index in [4.69, 9.17) is 5.73 Å². The summed E-state index contributed by atoms with van der Waals surface area (Å²) < 4.78 is 69.0. The smallest absolute Gasteiger partial charge is 0.369 e. The summed E-state index contributed by atoms with van der Waals surface area (Å²) in [5.74, 6) is -1.57. The van der Waals surface area contributed by atoms with Crippen LogP contribution in [0.1, 0.15) is 42.9 Å². The van der Waals surface area contributed by atoms with Gasteiger partial charge in [-0.05, 0) is 49.9 Å². The first-order valence-corrected chi connectivity index (χ1v) is 12.0. The Morgan fingerprint density at radius 3 is 2.53 bits per heavy atom. The number of carbonyl (C=O) groups excluding carboxylic acids is 1. The van der Waals surface area contributed by atoms with Gasteiger partial charge < -0.3 is 16.0 Å². The lowest BCUT2D eigenvalue weighted by atomic mass is 9.94. The maximum absolute atomic E-state index is 15.5. The lowest BCUT2D eigenvalue weighted by molar-refractivity contribution is -0.137. The molecule has 2 saturated heterocycles. The Hall–Kier alpha value is -3.02. The number of aromatic nitrogens is 2. The summed E-state index contributed by atoms with van der Waals surface area (Å²) in [6.07, 6.45) is -1.65. The molecular formula is C24H29F5N6O. The second kappa shape index (κ2) is 10.9. The van der Waals surface area contributed by atoms with Gasteiger partial charge in [-0.1, -0.05) is 12.1 Å². The van der Waals surface area contributed by atoms with Gasteiger partial charge in [0.25, 0.3) is 0 Å². The van der Waals surface area contributed by atoms with Crippen molar-refractivity contribution in [1.82, 2.24) is 14.9 Å². The average Bonchev–Trinajstić information content (AvgIpc) is 2.83. The minimum atomic E-state index is -4.43. The molecule has 0 aliphatic carbocycles. The standard InChI is InChI=1S/C24H29F5N6O/c25-18-12-34(13-20(30)36)10-8-16(18)11-31-22-21(26)23(33-14-32-22)35-9-2-1-3-19(35)15-4-6-17(7-5-15)24(27,28)29/h4-7,14,16,18-19H,1-3,8-13H2,(H2,30,36)(H,31,32,33). The first-order valence-electron chi connectivity index (χ1n) is 12.0. The monoisotopic (exact) mass is 512 g/mol. The van der Waals surface area contributed by atoms with Gasteiger partial charge in [-0.15, -0.1) is 0 Å². The van der Waals surface area contributed by atoms with E-state index in [1.54, 1.807) is 9.80 Å². The predicted octanol–water partition coefficient (Wildman–Crippen LogP) is 3.92. The highest BCUT2D eigenvalue weighted by atomic mass is 19.4. The number of anilines is 2. The summed E-state index contributed by atoms with van der Waals surface area (Å²) in [4.78, 5) is 22.6. The highest BCUT2D eigenvalue weighted by Gasteiger charge is 2.33. The van der Waals surface area contributed by atoms with E-state index in [0.29, 0.717) is 31.5 Å². The molecule has 2 aliphatic rings. The number of nitrogens with zero attached hydrogens (tertiary/aromatic N) is 4. The number of piperidine rings is 2. The number of hydrogen-bond donors (Lipinski definition) is 2. The average molecular weight is 513 g/mol. The summed E-state index contributed by atoms with van der Waals surface area (Å²) in [7, 11) is 0. The number of alkyl halides is 4. The third kappa shape index (κ3) is 6.03. The van der Waals surface area contributed by atoms with Crippen LogP contribution in [0.5, 0.6) is 0 Å². The molecule has 3 atom stereocenters. The SMILES string of the molecule is NC(=O)CN1CCC(CNc2ncnc(N3CCCCC3c3ccc(C(F)(F)F)cc3)c2F)C(F)C1. The maximum Gasteiger partial charge on any atom is 0.416 e. The van der Waals surface area contributed by atoms with E-state index in [9.17, 15) is 22.4 Å². The number of carbonyl (C=O) groups is 1. The molecule has 2 fully saturated rings. The van der Waals surface area contributed by atoms with Crippen molar-refractivity contribution in [2.45, 2.75) is 44.1 Å². The minimum absolute atomic E-state index is 0.000397. The molecule has 1 aromatic heterocycles. The Morgan fingerprint density at radius 2 is 1.86 bits per heavy atom. The van der Waals surface area contributed by atoms with Crippen LogP contribution in [0, 0.1) is 11.7 Å². The fraction of sp³-hybridized carbons (Fsp3) is 0.542. The third-order valence-corrected chi connectivity index (χ3v) is 6.84. The normalized spacial score (nSPS) is 23.5. The number of benzene rings is 1. The van der Waals surface area contributed by atoms with E-state index in [2.05, 4.69) is 15.3 Å². The lowest BCUT2D eigenvalue weighted by Gasteiger charge is -2.37. The van der Waals surface area contributed by atoms with Crippen molar-refractivity contribution < 1.29 is 26.7 Å². The van der Waals surface area contributed by atoms with Crippen molar-refractivity contribution in [2.24, 2.45) is 11.7 Å². The molecule has 12 heteroatoms. The van der Waals surface area contributed by atoms with Gasteiger partial charge in [0.1, 0.15) is 12.5 Å². The highest BCUT2D eigenvalue weighted by molar-refractivity contribution is 5.75. The predicted molar refractivity (Wildman–Crippen MR) is 124 cm³/mol. The summed E-state index contributed by atoms with van der Waals surface area (Å²) >= 11 is 0. The van der Waals surface area contributed by atoms with Crippen molar-refractivity contribution >= 4 is 17.5 Å². The van der Waals surface area contributed by atoms with Gasteiger partial charge in [0.2, 0.25) is 11.7 Å². The molecule has 3 heterocycles. The first-order chi connectivity index (χ1) is 17.1. The van der Waals surface area contributed by atoms with Crippen molar-refractivity contribution in [2.75, 3.05) is 42.9 Å². The molecule has 36 heavy (non-hydrogen) atoms. The molecular weight excluding hydrogens is 483 g/mol. The number of halogens is 5. The topological polar surface area (TPSA) is 87.4 Å². The van der Waals surface area contributed by atoms with Crippen LogP contribution in [0.15, 0.2) is 30.6 Å². The third-order valence-electron chi connectivity index (χ3n) is 6.84. The lowest BCUT2D eigenvalue weighted by Crippen LogP contribution is -2.46. The minimum Gasteiger partial charge on any atom is -0.369 e. The number of nitrogens with two attached hydrogens (primary N) is 1. The van der Waals surface area contributed by atoms with Crippen LogP contribution in [-0.2, 0) is 11.0 Å². The molecule has 3 unspecified atom stereocenters. The molecule has 4 rings (SSSR count). The zero-order chi connectivity index (χ0) is 25.9. The highest BCUT2D eigenvalue weighted by Crippen LogP contribution is 2.37. The Morgan fingerprint density at radius 1 is 1.11 bits per heavy atom.